The topological polar surface area (TPSA) is 35.5 Å². The molecule has 0 aromatic heterocycles. The molecule has 0 atom stereocenters. The van der Waals surface area contributed by atoms with Crippen LogP contribution in [-0.2, 0) is 4.74 Å². The minimum absolute atomic E-state index is 0.0820. The average molecular weight is 229 g/mol. The number of rotatable bonds is 5. The van der Waals surface area contributed by atoms with Crippen molar-refractivity contribution in [3.63, 3.8) is 0 Å². The molecule has 0 aliphatic carbocycles. The minimum atomic E-state index is -0.0820. The second-order valence-electron chi connectivity index (χ2n) is 2.91. The summed E-state index contributed by atoms with van der Waals surface area (Å²) in [6.45, 7) is 2.45. The Morgan fingerprint density at radius 2 is 2.20 bits per heavy atom. The number of carbonyl (C=O) groups is 1. The quantitative estimate of drug-likeness (QED) is 0.727. The summed E-state index contributed by atoms with van der Waals surface area (Å²) < 4.78 is 10.0. The summed E-state index contributed by atoms with van der Waals surface area (Å²) >= 11 is 5.89. The van der Waals surface area contributed by atoms with Gasteiger partial charge in [0.05, 0.1) is 12.1 Å². The van der Waals surface area contributed by atoms with Gasteiger partial charge in [-0.3, -0.25) is 4.79 Å². The molecule has 0 saturated heterocycles. The standard InChI is InChI=1S/C11H13ClO3/c1-3-15-7-10(13)8-4-5-11(14-2)9(12)6-8/h4-6H,3,7H2,1-2H3. The Labute approximate surface area is 93.9 Å². The van der Waals surface area contributed by atoms with E-state index in [4.69, 9.17) is 21.1 Å². The SMILES string of the molecule is CCOCC(=O)c1ccc(OC)c(Cl)c1. The zero-order valence-electron chi connectivity index (χ0n) is 8.75. The largest absolute Gasteiger partial charge is 0.495 e. The molecule has 4 heteroatoms. The first kappa shape index (κ1) is 12.0. The first-order valence-electron chi connectivity index (χ1n) is 4.63. The van der Waals surface area contributed by atoms with Crippen molar-refractivity contribution in [3.05, 3.63) is 28.8 Å². The van der Waals surface area contributed by atoms with Crippen molar-refractivity contribution in [2.75, 3.05) is 20.3 Å². The van der Waals surface area contributed by atoms with Crippen LogP contribution in [0.5, 0.6) is 5.75 Å². The molecule has 82 valence electrons. The van der Waals surface area contributed by atoms with Gasteiger partial charge in [-0.25, -0.2) is 0 Å². The molecule has 0 bridgehead atoms. The van der Waals surface area contributed by atoms with Gasteiger partial charge in [0.25, 0.3) is 0 Å². The van der Waals surface area contributed by atoms with Crippen LogP contribution in [-0.4, -0.2) is 26.1 Å². The van der Waals surface area contributed by atoms with Crippen molar-refractivity contribution in [3.8, 4) is 5.75 Å². The Kier molecular flexibility index (Phi) is 4.59. The zero-order chi connectivity index (χ0) is 11.3. The van der Waals surface area contributed by atoms with Gasteiger partial charge in [-0.1, -0.05) is 11.6 Å². The summed E-state index contributed by atoms with van der Waals surface area (Å²) in [6.07, 6.45) is 0. The van der Waals surface area contributed by atoms with Crippen molar-refractivity contribution in [1.29, 1.82) is 0 Å². The third kappa shape index (κ3) is 3.22. The van der Waals surface area contributed by atoms with E-state index in [1.165, 1.54) is 7.11 Å². The van der Waals surface area contributed by atoms with Gasteiger partial charge >= 0.3 is 0 Å². The van der Waals surface area contributed by atoms with Gasteiger partial charge in [-0.2, -0.15) is 0 Å². The van der Waals surface area contributed by atoms with Crippen LogP contribution in [0.4, 0.5) is 0 Å². The molecule has 0 saturated carbocycles. The fourth-order valence-corrected chi connectivity index (χ4v) is 1.38. The smallest absolute Gasteiger partial charge is 0.188 e. The molecule has 15 heavy (non-hydrogen) atoms. The van der Waals surface area contributed by atoms with Gasteiger partial charge in [0, 0.05) is 12.2 Å². The first-order valence-corrected chi connectivity index (χ1v) is 5.01. The van der Waals surface area contributed by atoms with Gasteiger partial charge in [0.15, 0.2) is 5.78 Å². The number of hydrogen-bond donors (Lipinski definition) is 0. The van der Waals surface area contributed by atoms with Crippen molar-refractivity contribution in [2.24, 2.45) is 0 Å². The summed E-state index contributed by atoms with van der Waals surface area (Å²) in [6, 6.07) is 4.93. The molecule has 0 radical (unpaired) electrons. The van der Waals surface area contributed by atoms with Gasteiger partial charge in [0.1, 0.15) is 12.4 Å². The Balaban J connectivity index is 2.78. The molecule has 3 nitrogen and oxygen atoms in total. The Bertz CT molecular complexity index is 350. The maximum Gasteiger partial charge on any atom is 0.188 e. The lowest BCUT2D eigenvalue weighted by atomic mass is 10.1. The number of ketones is 1. The Hall–Kier alpha value is -1.06. The lowest BCUT2D eigenvalue weighted by molar-refractivity contribution is 0.0783. The molecule has 1 rings (SSSR count). The van der Waals surface area contributed by atoms with Crippen LogP contribution >= 0.6 is 11.6 Å². The van der Waals surface area contributed by atoms with Crippen LogP contribution in [0.2, 0.25) is 5.02 Å². The molecule has 0 aliphatic rings. The maximum atomic E-state index is 11.5. The van der Waals surface area contributed by atoms with Gasteiger partial charge in [-0.15, -0.1) is 0 Å². The Morgan fingerprint density at radius 1 is 1.47 bits per heavy atom. The second-order valence-corrected chi connectivity index (χ2v) is 3.32. The molecule has 0 aliphatic heterocycles. The number of carbonyl (C=O) groups excluding carboxylic acids is 1. The van der Waals surface area contributed by atoms with E-state index in [2.05, 4.69) is 0 Å². The molecule has 0 fully saturated rings. The van der Waals surface area contributed by atoms with Gasteiger partial charge < -0.3 is 9.47 Å². The highest BCUT2D eigenvalue weighted by Gasteiger charge is 2.08. The number of ether oxygens (including phenoxy) is 2. The highest BCUT2D eigenvalue weighted by molar-refractivity contribution is 6.32. The average Bonchev–Trinajstić information content (AvgIpc) is 2.25. The van der Waals surface area contributed by atoms with Gasteiger partial charge in [-0.05, 0) is 25.1 Å². The van der Waals surface area contributed by atoms with Crippen LogP contribution in [0.1, 0.15) is 17.3 Å². The molecular weight excluding hydrogens is 216 g/mol. The summed E-state index contributed by atoms with van der Waals surface area (Å²) in [5, 5.41) is 0.430. The van der Waals surface area contributed by atoms with Gasteiger partial charge in [0.2, 0.25) is 0 Å². The highest BCUT2D eigenvalue weighted by Crippen LogP contribution is 2.24. The molecular formula is C11H13ClO3. The van der Waals surface area contributed by atoms with E-state index >= 15 is 0 Å². The summed E-state index contributed by atoms with van der Waals surface area (Å²) in [4.78, 5) is 11.5. The zero-order valence-corrected chi connectivity index (χ0v) is 9.50. The van der Waals surface area contributed by atoms with Crippen LogP contribution < -0.4 is 4.74 Å². The monoisotopic (exact) mass is 228 g/mol. The third-order valence-electron chi connectivity index (χ3n) is 1.91. The molecule has 0 N–H and O–H groups in total. The Morgan fingerprint density at radius 3 is 2.73 bits per heavy atom. The summed E-state index contributed by atoms with van der Waals surface area (Å²) in [7, 11) is 1.53. The minimum Gasteiger partial charge on any atom is -0.495 e. The predicted octanol–water partition coefficient (Wildman–Crippen LogP) is 2.57. The molecule has 0 spiro atoms. The lowest BCUT2D eigenvalue weighted by Crippen LogP contribution is -2.08. The van der Waals surface area contributed by atoms with Crippen LogP contribution in [0.15, 0.2) is 18.2 Å². The van der Waals surface area contributed by atoms with Crippen molar-refractivity contribution >= 4 is 17.4 Å². The van der Waals surface area contributed by atoms with E-state index in [0.717, 1.165) is 0 Å². The highest BCUT2D eigenvalue weighted by atomic mass is 35.5. The molecule has 1 aromatic carbocycles. The molecule has 1 aromatic rings. The number of Topliss-reactive ketones (excluding diaryl/α,β-unsaturated/α-hetero) is 1. The van der Waals surface area contributed by atoms with E-state index in [0.29, 0.717) is 22.9 Å². The van der Waals surface area contributed by atoms with E-state index in [9.17, 15) is 4.79 Å². The number of methoxy groups -OCH3 is 1. The van der Waals surface area contributed by atoms with Crippen LogP contribution in [0.3, 0.4) is 0 Å². The maximum absolute atomic E-state index is 11.5. The normalized spacial score (nSPS) is 10.1. The number of benzene rings is 1. The molecule has 0 unspecified atom stereocenters. The lowest BCUT2D eigenvalue weighted by Gasteiger charge is -2.05. The van der Waals surface area contributed by atoms with Crippen molar-refractivity contribution in [1.82, 2.24) is 0 Å². The first-order chi connectivity index (χ1) is 7.19. The van der Waals surface area contributed by atoms with E-state index in [1.807, 2.05) is 6.92 Å². The third-order valence-corrected chi connectivity index (χ3v) is 2.21. The van der Waals surface area contributed by atoms with Crippen LogP contribution in [0.25, 0.3) is 0 Å². The summed E-state index contributed by atoms with van der Waals surface area (Å²) in [5.74, 6) is 0.478. The van der Waals surface area contributed by atoms with Crippen molar-refractivity contribution in [2.45, 2.75) is 6.92 Å². The summed E-state index contributed by atoms with van der Waals surface area (Å²) in [5.41, 5.74) is 0.536. The van der Waals surface area contributed by atoms with E-state index < -0.39 is 0 Å². The molecule has 0 amide bonds. The van der Waals surface area contributed by atoms with E-state index in [1.54, 1.807) is 18.2 Å². The fraction of sp³-hybridized carbons (Fsp3) is 0.364. The van der Waals surface area contributed by atoms with Crippen LogP contribution in [0, 0.1) is 0 Å². The molecule has 0 heterocycles. The number of halogens is 1. The fourth-order valence-electron chi connectivity index (χ4n) is 1.12. The predicted molar refractivity (Wildman–Crippen MR) is 58.8 cm³/mol. The van der Waals surface area contributed by atoms with Crippen molar-refractivity contribution < 1.29 is 14.3 Å². The van der Waals surface area contributed by atoms with E-state index in [-0.39, 0.29) is 12.4 Å². The second kappa shape index (κ2) is 5.73. The number of hydrogen-bond acceptors (Lipinski definition) is 3.